The first-order valence-corrected chi connectivity index (χ1v) is 8.69. The van der Waals surface area contributed by atoms with Crippen molar-refractivity contribution in [2.45, 2.75) is 18.7 Å². The highest BCUT2D eigenvalue weighted by molar-refractivity contribution is 7.92. The van der Waals surface area contributed by atoms with Gasteiger partial charge in [0.2, 0.25) is 0 Å². The number of aryl methyl sites for hydroxylation is 1. The highest BCUT2D eigenvalue weighted by Crippen LogP contribution is 2.24. The van der Waals surface area contributed by atoms with Crippen molar-refractivity contribution < 1.29 is 17.9 Å². The fourth-order valence-corrected chi connectivity index (χ4v) is 3.50. The highest BCUT2D eigenvalue weighted by atomic mass is 32.2. The molecule has 2 aromatic rings. The zero-order valence-corrected chi connectivity index (χ0v) is 13.9. The predicted octanol–water partition coefficient (Wildman–Crippen LogP) is 2.75. The van der Waals surface area contributed by atoms with E-state index in [4.69, 9.17) is 4.74 Å². The molecule has 0 N–H and O–H groups in total. The summed E-state index contributed by atoms with van der Waals surface area (Å²) in [5, 5.41) is 0. The van der Waals surface area contributed by atoms with E-state index in [9.17, 15) is 13.2 Å². The van der Waals surface area contributed by atoms with Crippen molar-refractivity contribution in [1.82, 2.24) is 0 Å². The van der Waals surface area contributed by atoms with Gasteiger partial charge in [-0.15, -0.1) is 0 Å². The number of rotatable bonds is 6. The Labute approximate surface area is 136 Å². The van der Waals surface area contributed by atoms with E-state index in [1.54, 1.807) is 49.4 Å². The summed E-state index contributed by atoms with van der Waals surface area (Å²) in [5.74, 6) is -0.590. The molecule has 0 saturated heterocycles. The summed E-state index contributed by atoms with van der Waals surface area (Å²) in [6, 6.07) is 15.0. The molecule has 0 unspecified atom stereocenters. The molecule has 0 heterocycles. The van der Waals surface area contributed by atoms with Crippen LogP contribution < -0.4 is 4.31 Å². The molecule has 5 nitrogen and oxygen atoms in total. The lowest BCUT2D eigenvalue weighted by molar-refractivity contribution is -0.141. The lowest BCUT2D eigenvalue weighted by Gasteiger charge is -2.23. The molecule has 2 aromatic carbocycles. The van der Waals surface area contributed by atoms with Gasteiger partial charge in [-0.3, -0.25) is 9.10 Å². The molecular formula is C17H19NO4S. The number of carbonyl (C=O) groups is 1. The van der Waals surface area contributed by atoms with E-state index in [1.807, 2.05) is 6.92 Å². The monoisotopic (exact) mass is 333 g/mol. The van der Waals surface area contributed by atoms with Crippen LogP contribution in [-0.4, -0.2) is 27.5 Å². The van der Waals surface area contributed by atoms with Crippen LogP contribution in [0.4, 0.5) is 5.69 Å². The number of nitrogens with zero attached hydrogens (tertiary/aromatic N) is 1. The summed E-state index contributed by atoms with van der Waals surface area (Å²) >= 11 is 0. The molecule has 23 heavy (non-hydrogen) atoms. The molecule has 0 atom stereocenters. The van der Waals surface area contributed by atoms with Crippen molar-refractivity contribution in [3.63, 3.8) is 0 Å². The van der Waals surface area contributed by atoms with Gasteiger partial charge in [-0.05, 0) is 38.1 Å². The van der Waals surface area contributed by atoms with Crippen LogP contribution in [0, 0.1) is 6.92 Å². The van der Waals surface area contributed by atoms with Crippen LogP contribution in [0.2, 0.25) is 0 Å². The van der Waals surface area contributed by atoms with Crippen molar-refractivity contribution in [2.24, 2.45) is 0 Å². The zero-order chi connectivity index (χ0) is 16.9. The Hall–Kier alpha value is -2.34. The minimum absolute atomic E-state index is 0.130. The Kier molecular flexibility index (Phi) is 5.39. The summed E-state index contributed by atoms with van der Waals surface area (Å²) in [4.78, 5) is 12.0. The number of carbonyl (C=O) groups excluding carboxylic acids is 1. The van der Waals surface area contributed by atoms with Gasteiger partial charge in [-0.1, -0.05) is 35.9 Å². The SMILES string of the molecule is CCOC(=O)CN(c1ccc(C)cc1)S(=O)(=O)c1ccccc1. The third kappa shape index (κ3) is 4.10. The van der Waals surface area contributed by atoms with Crippen LogP contribution in [0.15, 0.2) is 59.5 Å². The van der Waals surface area contributed by atoms with Gasteiger partial charge >= 0.3 is 5.97 Å². The first kappa shape index (κ1) is 17.0. The fourth-order valence-electron chi connectivity index (χ4n) is 2.07. The second-order valence-corrected chi connectivity index (χ2v) is 6.83. The number of hydrogen-bond donors (Lipinski definition) is 0. The van der Waals surface area contributed by atoms with Gasteiger partial charge in [-0.25, -0.2) is 8.42 Å². The molecule has 0 amide bonds. The van der Waals surface area contributed by atoms with Crippen LogP contribution in [0.1, 0.15) is 12.5 Å². The maximum absolute atomic E-state index is 12.9. The van der Waals surface area contributed by atoms with Crippen LogP contribution in [0.25, 0.3) is 0 Å². The fraction of sp³-hybridized carbons (Fsp3) is 0.235. The van der Waals surface area contributed by atoms with Gasteiger partial charge in [0, 0.05) is 0 Å². The number of anilines is 1. The molecule has 122 valence electrons. The van der Waals surface area contributed by atoms with E-state index in [1.165, 1.54) is 12.1 Å². The van der Waals surface area contributed by atoms with E-state index in [2.05, 4.69) is 0 Å². The largest absolute Gasteiger partial charge is 0.465 e. The van der Waals surface area contributed by atoms with Crippen molar-refractivity contribution in [1.29, 1.82) is 0 Å². The van der Waals surface area contributed by atoms with E-state index >= 15 is 0 Å². The quantitative estimate of drug-likeness (QED) is 0.763. The average molecular weight is 333 g/mol. The first-order valence-electron chi connectivity index (χ1n) is 7.25. The zero-order valence-electron chi connectivity index (χ0n) is 13.1. The Morgan fingerprint density at radius 1 is 1.04 bits per heavy atom. The van der Waals surface area contributed by atoms with E-state index in [0.29, 0.717) is 5.69 Å². The van der Waals surface area contributed by atoms with Crippen molar-refractivity contribution >= 4 is 21.7 Å². The van der Waals surface area contributed by atoms with Crippen LogP contribution in [-0.2, 0) is 19.6 Å². The summed E-state index contributed by atoms with van der Waals surface area (Å²) in [6.45, 7) is 3.42. The van der Waals surface area contributed by atoms with E-state index in [-0.39, 0.29) is 18.0 Å². The van der Waals surface area contributed by atoms with Crippen molar-refractivity contribution in [3.05, 3.63) is 60.2 Å². The minimum Gasteiger partial charge on any atom is -0.465 e. The van der Waals surface area contributed by atoms with Crippen LogP contribution in [0.3, 0.4) is 0 Å². The molecule has 0 aliphatic heterocycles. The molecule has 0 aliphatic carbocycles. The summed E-state index contributed by atoms with van der Waals surface area (Å²) < 4.78 is 31.7. The third-order valence-corrected chi connectivity index (χ3v) is 5.02. The summed E-state index contributed by atoms with van der Waals surface area (Å²) in [7, 11) is -3.85. The van der Waals surface area contributed by atoms with Crippen LogP contribution in [0.5, 0.6) is 0 Å². The smallest absolute Gasteiger partial charge is 0.326 e. The molecule has 0 aliphatic rings. The van der Waals surface area contributed by atoms with Gasteiger partial charge in [-0.2, -0.15) is 0 Å². The summed E-state index contributed by atoms with van der Waals surface area (Å²) in [5.41, 5.74) is 1.43. The van der Waals surface area contributed by atoms with Gasteiger partial charge in [0.1, 0.15) is 6.54 Å². The average Bonchev–Trinajstić information content (AvgIpc) is 2.55. The summed E-state index contributed by atoms with van der Waals surface area (Å²) in [6.07, 6.45) is 0. The maximum Gasteiger partial charge on any atom is 0.326 e. The Morgan fingerprint density at radius 3 is 2.22 bits per heavy atom. The first-order chi connectivity index (χ1) is 10.9. The number of sulfonamides is 1. The molecular weight excluding hydrogens is 314 g/mol. The molecule has 6 heteroatoms. The molecule has 0 fully saturated rings. The van der Waals surface area contributed by atoms with Crippen molar-refractivity contribution in [2.75, 3.05) is 17.5 Å². The topological polar surface area (TPSA) is 63.7 Å². The highest BCUT2D eigenvalue weighted by Gasteiger charge is 2.27. The molecule has 2 rings (SSSR count). The second-order valence-electron chi connectivity index (χ2n) is 4.97. The normalized spacial score (nSPS) is 11.0. The van der Waals surface area contributed by atoms with Crippen molar-refractivity contribution in [3.8, 4) is 0 Å². The number of hydrogen-bond acceptors (Lipinski definition) is 4. The van der Waals surface area contributed by atoms with E-state index < -0.39 is 16.0 Å². The standard InChI is InChI=1S/C17H19NO4S/c1-3-22-17(19)13-18(15-11-9-14(2)10-12-15)23(20,21)16-7-5-4-6-8-16/h4-12H,3,13H2,1-2H3. The molecule has 0 radical (unpaired) electrons. The lowest BCUT2D eigenvalue weighted by Crippen LogP contribution is -2.36. The van der Waals surface area contributed by atoms with E-state index in [0.717, 1.165) is 9.87 Å². The predicted molar refractivity (Wildman–Crippen MR) is 88.8 cm³/mol. The van der Waals surface area contributed by atoms with Gasteiger partial charge < -0.3 is 4.74 Å². The lowest BCUT2D eigenvalue weighted by atomic mass is 10.2. The third-order valence-electron chi connectivity index (χ3n) is 3.23. The molecule has 0 bridgehead atoms. The Balaban J connectivity index is 2.44. The number of benzene rings is 2. The molecule has 0 aromatic heterocycles. The Bertz CT molecular complexity index is 755. The van der Waals surface area contributed by atoms with Gasteiger partial charge in [0.05, 0.1) is 17.2 Å². The Morgan fingerprint density at radius 2 is 1.65 bits per heavy atom. The molecule has 0 spiro atoms. The van der Waals surface area contributed by atoms with Gasteiger partial charge in [0.15, 0.2) is 0 Å². The maximum atomic E-state index is 12.9. The number of ether oxygens (including phenoxy) is 1. The van der Waals surface area contributed by atoms with Crippen LogP contribution >= 0.6 is 0 Å². The van der Waals surface area contributed by atoms with Gasteiger partial charge in [0.25, 0.3) is 10.0 Å². The minimum atomic E-state index is -3.85. The molecule has 0 saturated carbocycles. The number of esters is 1. The second kappa shape index (κ2) is 7.28.